The summed E-state index contributed by atoms with van der Waals surface area (Å²) in [5.41, 5.74) is 0. The molecule has 0 aromatic heterocycles. The minimum atomic E-state index is 0.156. The van der Waals surface area contributed by atoms with Crippen LogP contribution in [0.5, 0.6) is 0 Å². The zero-order valence-electron chi connectivity index (χ0n) is 9.88. The summed E-state index contributed by atoms with van der Waals surface area (Å²) in [6.07, 6.45) is 4.19. The van der Waals surface area contributed by atoms with Gasteiger partial charge in [0.1, 0.15) is 0 Å². The average molecular weight is 230 g/mol. The van der Waals surface area contributed by atoms with Gasteiger partial charge in [0.2, 0.25) is 5.91 Å². The van der Waals surface area contributed by atoms with Crippen LogP contribution in [0.1, 0.15) is 26.7 Å². The molecule has 1 rings (SSSR count). The van der Waals surface area contributed by atoms with Gasteiger partial charge in [-0.2, -0.15) is 11.8 Å². The van der Waals surface area contributed by atoms with Crippen LogP contribution in [0.25, 0.3) is 0 Å². The topological polar surface area (TPSA) is 41.1 Å². The van der Waals surface area contributed by atoms with Crippen molar-refractivity contribution in [2.24, 2.45) is 5.92 Å². The molecular formula is C11H22N2OS. The van der Waals surface area contributed by atoms with E-state index in [2.05, 4.69) is 30.7 Å². The number of hydrogen-bond donors (Lipinski definition) is 2. The molecule has 0 radical (unpaired) electrons. The van der Waals surface area contributed by atoms with Crippen molar-refractivity contribution in [3.63, 3.8) is 0 Å². The minimum absolute atomic E-state index is 0.156. The van der Waals surface area contributed by atoms with Crippen LogP contribution in [0.15, 0.2) is 0 Å². The van der Waals surface area contributed by atoms with Crippen molar-refractivity contribution in [3.05, 3.63) is 0 Å². The summed E-state index contributed by atoms with van der Waals surface area (Å²) in [6, 6.07) is 0.599. The first-order chi connectivity index (χ1) is 7.15. The van der Waals surface area contributed by atoms with E-state index in [1.54, 1.807) is 11.8 Å². The van der Waals surface area contributed by atoms with Gasteiger partial charge in [0.05, 0.1) is 5.92 Å². The van der Waals surface area contributed by atoms with Gasteiger partial charge < -0.3 is 10.6 Å². The smallest absolute Gasteiger partial charge is 0.224 e. The van der Waals surface area contributed by atoms with Crippen LogP contribution >= 0.6 is 11.8 Å². The maximum Gasteiger partial charge on any atom is 0.224 e. The van der Waals surface area contributed by atoms with E-state index in [4.69, 9.17) is 0 Å². The standard InChI is InChI=1S/C11H22N2OS/c1-8(7-15-3)13-11(14)10-5-4-6-12-9(10)2/h8-10,12H,4-7H2,1-3H3,(H,13,14)/t8?,9-,10-/m1/s1. The molecule has 88 valence electrons. The molecule has 3 atom stereocenters. The zero-order valence-corrected chi connectivity index (χ0v) is 10.7. The van der Waals surface area contributed by atoms with Gasteiger partial charge in [-0.05, 0) is 39.5 Å². The second-order valence-electron chi connectivity index (χ2n) is 4.36. The third kappa shape index (κ3) is 4.03. The quantitative estimate of drug-likeness (QED) is 0.763. The molecule has 1 amide bonds. The monoisotopic (exact) mass is 230 g/mol. The lowest BCUT2D eigenvalue weighted by molar-refractivity contribution is -0.127. The fraction of sp³-hybridized carbons (Fsp3) is 0.909. The summed E-state index contributed by atoms with van der Waals surface area (Å²) in [5, 5.41) is 6.43. The molecule has 1 fully saturated rings. The lowest BCUT2D eigenvalue weighted by Gasteiger charge is -2.29. The van der Waals surface area contributed by atoms with Crippen LogP contribution in [0.2, 0.25) is 0 Å². The summed E-state index contributed by atoms with van der Waals surface area (Å²) in [5.74, 6) is 1.36. The maximum absolute atomic E-state index is 11.9. The first-order valence-corrected chi connectivity index (χ1v) is 7.07. The molecule has 1 unspecified atom stereocenters. The Kier molecular flexibility index (Phi) is 5.47. The van der Waals surface area contributed by atoms with Crippen molar-refractivity contribution in [1.29, 1.82) is 0 Å². The van der Waals surface area contributed by atoms with Crippen molar-refractivity contribution < 1.29 is 4.79 Å². The van der Waals surface area contributed by atoms with E-state index < -0.39 is 0 Å². The molecule has 1 aliphatic rings. The van der Waals surface area contributed by atoms with E-state index in [1.165, 1.54) is 0 Å². The molecule has 3 nitrogen and oxygen atoms in total. The predicted molar refractivity (Wildman–Crippen MR) is 66.2 cm³/mol. The fourth-order valence-electron chi connectivity index (χ4n) is 2.04. The molecular weight excluding hydrogens is 208 g/mol. The van der Waals surface area contributed by atoms with Gasteiger partial charge in [-0.1, -0.05) is 0 Å². The Morgan fingerprint density at radius 1 is 1.67 bits per heavy atom. The van der Waals surface area contributed by atoms with Crippen molar-refractivity contribution >= 4 is 17.7 Å². The van der Waals surface area contributed by atoms with Gasteiger partial charge in [-0.15, -0.1) is 0 Å². The SMILES string of the molecule is CSCC(C)NC(=O)[C@@H]1CCCN[C@@H]1C. The number of carbonyl (C=O) groups is 1. The number of carbonyl (C=O) groups excluding carboxylic acids is 1. The van der Waals surface area contributed by atoms with E-state index >= 15 is 0 Å². The number of hydrogen-bond acceptors (Lipinski definition) is 3. The normalized spacial score (nSPS) is 28.5. The maximum atomic E-state index is 11.9. The van der Waals surface area contributed by atoms with Gasteiger partial charge in [-0.25, -0.2) is 0 Å². The molecule has 0 aromatic rings. The lowest BCUT2D eigenvalue weighted by Crippen LogP contribution is -2.48. The molecule has 15 heavy (non-hydrogen) atoms. The Labute approximate surface area is 96.8 Å². The van der Waals surface area contributed by atoms with Crippen LogP contribution < -0.4 is 10.6 Å². The van der Waals surface area contributed by atoms with E-state index in [9.17, 15) is 4.79 Å². The number of nitrogens with one attached hydrogen (secondary N) is 2. The van der Waals surface area contributed by atoms with Crippen LogP contribution in [0.4, 0.5) is 0 Å². The van der Waals surface area contributed by atoms with Crippen molar-refractivity contribution in [1.82, 2.24) is 10.6 Å². The second kappa shape index (κ2) is 6.38. The third-order valence-corrected chi connectivity index (χ3v) is 3.74. The number of piperidine rings is 1. The molecule has 0 saturated carbocycles. The summed E-state index contributed by atoms with van der Waals surface area (Å²) >= 11 is 1.77. The number of amides is 1. The fourth-order valence-corrected chi connectivity index (χ4v) is 2.63. The Hall–Kier alpha value is -0.220. The Morgan fingerprint density at radius 3 is 3.00 bits per heavy atom. The minimum Gasteiger partial charge on any atom is -0.353 e. The van der Waals surface area contributed by atoms with Gasteiger partial charge in [0, 0.05) is 17.8 Å². The molecule has 0 aliphatic carbocycles. The van der Waals surface area contributed by atoms with Crippen molar-refractivity contribution in [3.8, 4) is 0 Å². The predicted octanol–water partition coefficient (Wildman–Crippen LogP) is 1.24. The lowest BCUT2D eigenvalue weighted by atomic mass is 9.91. The molecule has 1 heterocycles. The van der Waals surface area contributed by atoms with Crippen molar-refractivity contribution in [2.45, 2.75) is 38.8 Å². The zero-order chi connectivity index (χ0) is 11.3. The van der Waals surface area contributed by atoms with Crippen LogP contribution in [-0.4, -0.2) is 36.5 Å². The summed E-state index contributed by atoms with van der Waals surface area (Å²) in [6.45, 7) is 5.21. The summed E-state index contributed by atoms with van der Waals surface area (Å²) in [4.78, 5) is 11.9. The molecule has 0 aromatic carbocycles. The van der Waals surface area contributed by atoms with Gasteiger partial charge in [-0.3, -0.25) is 4.79 Å². The van der Waals surface area contributed by atoms with Crippen LogP contribution in [0, 0.1) is 5.92 Å². The largest absolute Gasteiger partial charge is 0.353 e. The van der Waals surface area contributed by atoms with Crippen LogP contribution in [-0.2, 0) is 4.79 Å². The van der Waals surface area contributed by atoms with E-state index in [1.807, 2.05) is 0 Å². The Balaban J connectivity index is 2.37. The third-order valence-electron chi connectivity index (χ3n) is 2.90. The molecule has 1 aliphatic heterocycles. The van der Waals surface area contributed by atoms with Crippen molar-refractivity contribution in [2.75, 3.05) is 18.6 Å². The Bertz CT molecular complexity index is 211. The van der Waals surface area contributed by atoms with E-state index in [0.29, 0.717) is 6.04 Å². The summed E-state index contributed by atoms with van der Waals surface area (Å²) in [7, 11) is 0. The highest BCUT2D eigenvalue weighted by molar-refractivity contribution is 7.98. The van der Waals surface area contributed by atoms with Gasteiger partial charge in [0.15, 0.2) is 0 Å². The molecule has 1 saturated heterocycles. The number of thioether (sulfide) groups is 1. The van der Waals surface area contributed by atoms with Gasteiger partial charge in [0.25, 0.3) is 0 Å². The molecule has 0 spiro atoms. The highest BCUT2D eigenvalue weighted by atomic mass is 32.2. The highest BCUT2D eigenvalue weighted by Crippen LogP contribution is 2.16. The van der Waals surface area contributed by atoms with Crippen LogP contribution in [0.3, 0.4) is 0 Å². The first kappa shape index (κ1) is 12.8. The first-order valence-electron chi connectivity index (χ1n) is 5.68. The highest BCUT2D eigenvalue weighted by Gasteiger charge is 2.27. The Morgan fingerprint density at radius 2 is 2.40 bits per heavy atom. The molecule has 0 bridgehead atoms. The second-order valence-corrected chi connectivity index (χ2v) is 5.27. The van der Waals surface area contributed by atoms with E-state index in [0.717, 1.165) is 25.1 Å². The summed E-state index contributed by atoms with van der Waals surface area (Å²) < 4.78 is 0. The molecule has 2 N–H and O–H groups in total. The van der Waals surface area contributed by atoms with Gasteiger partial charge >= 0.3 is 0 Å². The van der Waals surface area contributed by atoms with E-state index in [-0.39, 0.29) is 17.9 Å². The number of rotatable bonds is 4. The molecule has 4 heteroatoms. The average Bonchev–Trinajstić information content (AvgIpc) is 2.18.